The number of benzene rings is 2. The summed E-state index contributed by atoms with van der Waals surface area (Å²) in [5.41, 5.74) is -0.205. The Morgan fingerprint density at radius 2 is 1.87 bits per heavy atom. The minimum atomic E-state index is -4.57. The van der Waals surface area contributed by atoms with Crippen molar-refractivity contribution in [2.45, 2.75) is 23.5 Å². The Morgan fingerprint density at radius 3 is 2.60 bits per heavy atom. The van der Waals surface area contributed by atoms with Crippen LogP contribution in [-0.2, 0) is 11.0 Å². The van der Waals surface area contributed by atoms with Gasteiger partial charge in [0.1, 0.15) is 0 Å². The maximum Gasteiger partial charge on any atom is 0.417 e. The minimum absolute atomic E-state index is 0.0919. The van der Waals surface area contributed by atoms with Crippen molar-refractivity contribution in [3.05, 3.63) is 65.3 Å². The van der Waals surface area contributed by atoms with Crippen molar-refractivity contribution in [3.8, 4) is 0 Å². The molecule has 1 unspecified atom stereocenters. The average molecular weight is 451 g/mol. The van der Waals surface area contributed by atoms with Crippen LogP contribution in [0.1, 0.15) is 12.5 Å². The monoisotopic (exact) mass is 450 g/mol. The first-order valence-corrected chi connectivity index (χ1v) is 10.1. The molecule has 4 rings (SSSR count). The van der Waals surface area contributed by atoms with E-state index in [1.54, 1.807) is 13.0 Å². The van der Waals surface area contributed by atoms with Crippen LogP contribution in [0.25, 0.3) is 16.4 Å². The van der Waals surface area contributed by atoms with Crippen molar-refractivity contribution >= 4 is 51.4 Å². The molecule has 0 radical (unpaired) electrons. The van der Waals surface area contributed by atoms with Gasteiger partial charge >= 0.3 is 6.18 Å². The topological polar surface area (TPSA) is 59.3 Å². The van der Waals surface area contributed by atoms with Gasteiger partial charge in [-0.25, -0.2) is 0 Å². The fourth-order valence-corrected chi connectivity index (χ4v) is 3.96. The number of pyridine rings is 1. The van der Waals surface area contributed by atoms with E-state index in [1.165, 1.54) is 0 Å². The SMILES string of the molecule is CC(Sc1nnc2c(Cl)cc(C(F)(F)F)cn12)C(=O)Nc1ccc2ccccc2c1. The number of aromatic nitrogens is 3. The van der Waals surface area contributed by atoms with Crippen molar-refractivity contribution in [2.24, 2.45) is 0 Å². The number of hydrogen-bond donors (Lipinski definition) is 1. The van der Waals surface area contributed by atoms with Gasteiger partial charge in [0.05, 0.1) is 15.8 Å². The minimum Gasteiger partial charge on any atom is -0.325 e. The van der Waals surface area contributed by atoms with E-state index in [2.05, 4.69) is 15.5 Å². The van der Waals surface area contributed by atoms with Gasteiger partial charge in [-0.05, 0) is 35.9 Å². The number of nitrogens with zero attached hydrogens (tertiary/aromatic N) is 3. The smallest absolute Gasteiger partial charge is 0.325 e. The third kappa shape index (κ3) is 4.08. The van der Waals surface area contributed by atoms with Gasteiger partial charge in [-0.15, -0.1) is 10.2 Å². The molecule has 0 spiro atoms. The lowest BCUT2D eigenvalue weighted by atomic mass is 10.1. The molecule has 0 bridgehead atoms. The number of thioether (sulfide) groups is 1. The van der Waals surface area contributed by atoms with Crippen LogP contribution in [0.5, 0.6) is 0 Å². The molecule has 154 valence electrons. The summed E-state index contributed by atoms with van der Waals surface area (Å²) in [5.74, 6) is -0.315. The molecule has 0 fully saturated rings. The van der Waals surface area contributed by atoms with Crippen LogP contribution in [-0.4, -0.2) is 25.8 Å². The Morgan fingerprint density at radius 1 is 1.13 bits per heavy atom. The first-order valence-electron chi connectivity index (χ1n) is 8.80. The molecule has 0 saturated heterocycles. The molecule has 0 aliphatic heterocycles. The Hall–Kier alpha value is -2.78. The molecule has 30 heavy (non-hydrogen) atoms. The van der Waals surface area contributed by atoms with Crippen LogP contribution in [0, 0.1) is 0 Å². The molecule has 5 nitrogen and oxygen atoms in total. The van der Waals surface area contributed by atoms with Crippen molar-refractivity contribution < 1.29 is 18.0 Å². The highest BCUT2D eigenvalue weighted by Crippen LogP contribution is 2.34. The third-order valence-corrected chi connectivity index (χ3v) is 5.76. The third-order valence-electron chi connectivity index (χ3n) is 4.42. The fourth-order valence-electron chi connectivity index (χ4n) is 2.89. The molecule has 2 aromatic heterocycles. The lowest BCUT2D eigenvalue weighted by molar-refractivity contribution is -0.137. The number of amides is 1. The summed E-state index contributed by atoms with van der Waals surface area (Å²) in [6.07, 6.45) is -3.69. The molecule has 1 amide bonds. The highest BCUT2D eigenvalue weighted by Gasteiger charge is 2.32. The number of hydrogen-bond acceptors (Lipinski definition) is 4. The Balaban J connectivity index is 1.55. The standard InChI is InChI=1S/C20H14ClF3N4OS/c1-11(18(29)25-15-7-6-12-4-2-3-5-13(12)8-15)30-19-27-26-17-16(21)9-14(10-28(17)19)20(22,23)24/h2-11H,1H3,(H,25,29). The van der Waals surface area contributed by atoms with Crippen LogP contribution < -0.4 is 5.32 Å². The van der Waals surface area contributed by atoms with Crippen LogP contribution in [0.4, 0.5) is 18.9 Å². The normalized spacial score (nSPS) is 13.0. The molecule has 0 saturated carbocycles. The largest absolute Gasteiger partial charge is 0.417 e. The van der Waals surface area contributed by atoms with Crippen molar-refractivity contribution in [2.75, 3.05) is 5.32 Å². The molecule has 0 aliphatic rings. The quantitative estimate of drug-likeness (QED) is 0.407. The molecule has 2 aromatic carbocycles. The highest BCUT2D eigenvalue weighted by atomic mass is 35.5. The predicted molar refractivity (Wildman–Crippen MR) is 111 cm³/mol. The maximum atomic E-state index is 13.1. The summed E-state index contributed by atoms with van der Waals surface area (Å²) in [6.45, 7) is 1.64. The van der Waals surface area contributed by atoms with Gasteiger partial charge < -0.3 is 5.32 Å². The summed E-state index contributed by atoms with van der Waals surface area (Å²) >= 11 is 6.91. The van der Waals surface area contributed by atoms with Gasteiger partial charge in [0, 0.05) is 11.9 Å². The van der Waals surface area contributed by atoms with E-state index in [4.69, 9.17) is 11.6 Å². The van der Waals surface area contributed by atoms with Crippen LogP contribution in [0.3, 0.4) is 0 Å². The Labute approximate surface area is 178 Å². The van der Waals surface area contributed by atoms with Crippen LogP contribution >= 0.6 is 23.4 Å². The van der Waals surface area contributed by atoms with Gasteiger partial charge in [-0.3, -0.25) is 9.20 Å². The molecule has 2 heterocycles. The second-order valence-electron chi connectivity index (χ2n) is 6.56. The lowest BCUT2D eigenvalue weighted by Gasteiger charge is -2.12. The zero-order valence-electron chi connectivity index (χ0n) is 15.4. The number of carbonyl (C=O) groups is 1. The van der Waals surface area contributed by atoms with E-state index in [9.17, 15) is 18.0 Å². The van der Waals surface area contributed by atoms with Gasteiger partial charge in [-0.2, -0.15) is 13.2 Å². The van der Waals surface area contributed by atoms with Gasteiger partial charge in [-0.1, -0.05) is 53.7 Å². The molecular formula is C20H14ClF3N4OS. The Kier molecular flexibility index (Phi) is 5.33. The number of halogens is 4. The van der Waals surface area contributed by atoms with Crippen LogP contribution in [0.2, 0.25) is 5.02 Å². The average Bonchev–Trinajstić information content (AvgIpc) is 3.10. The van der Waals surface area contributed by atoms with E-state index in [-0.39, 0.29) is 21.7 Å². The highest BCUT2D eigenvalue weighted by molar-refractivity contribution is 8.00. The van der Waals surface area contributed by atoms with Crippen LogP contribution in [0.15, 0.2) is 59.9 Å². The number of fused-ring (bicyclic) bond motifs is 2. The molecule has 10 heteroatoms. The summed E-state index contributed by atoms with van der Waals surface area (Å²) in [7, 11) is 0. The number of anilines is 1. The van der Waals surface area contributed by atoms with Gasteiger partial charge in [0.25, 0.3) is 0 Å². The lowest BCUT2D eigenvalue weighted by Crippen LogP contribution is -2.22. The van der Waals surface area contributed by atoms with Gasteiger partial charge in [0.2, 0.25) is 5.91 Å². The Bertz CT molecular complexity index is 1260. The number of alkyl halides is 3. The summed E-state index contributed by atoms with van der Waals surface area (Å²) in [6, 6.07) is 14.1. The molecule has 1 N–H and O–H groups in total. The van der Waals surface area contributed by atoms with E-state index < -0.39 is 17.0 Å². The zero-order chi connectivity index (χ0) is 21.5. The molecular weight excluding hydrogens is 437 g/mol. The summed E-state index contributed by atoms with van der Waals surface area (Å²) in [4.78, 5) is 12.6. The predicted octanol–water partition coefficient (Wildman–Crippen LogP) is 5.67. The second kappa shape index (κ2) is 7.81. The van der Waals surface area contributed by atoms with Crippen molar-refractivity contribution in [1.82, 2.24) is 14.6 Å². The van der Waals surface area contributed by atoms with E-state index >= 15 is 0 Å². The molecule has 4 aromatic rings. The number of rotatable bonds is 4. The van der Waals surface area contributed by atoms with E-state index in [0.717, 1.165) is 39.2 Å². The molecule has 0 aliphatic carbocycles. The first-order chi connectivity index (χ1) is 14.2. The van der Waals surface area contributed by atoms with E-state index in [0.29, 0.717) is 5.69 Å². The number of nitrogens with one attached hydrogen (secondary N) is 1. The number of carbonyl (C=O) groups excluding carboxylic acids is 1. The van der Waals surface area contributed by atoms with Crippen molar-refractivity contribution in [3.63, 3.8) is 0 Å². The first kappa shape index (κ1) is 20.5. The van der Waals surface area contributed by atoms with Gasteiger partial charge in [0.15, 0.2) is 10.8 Å². The maximum absolute atomic E-state index is 13.1. The van der Waals surface area contributed by atoms with Crippen molar-refractivity contribution in [1.29, 1.82) is 0 Å². The van der Waals surface area contributed by atoms with E-state index in [1.807, 2.05) is 36.4 Å². The summed E-state index contributed by atoms with van der Waals surface area (Å²) in [5, 5.41) is 11.9. The summed E-state index contributed by atoms with van der Waals surface area (Å²) < 4.78 is 40.4. The molecule has 1 atom stereocenters. The second-order valence-corrected chi connectivity index (χ2v) is 8.28. The fraction of sp³-hybridized carbons (Fsp3) is 0.150. The zero-order valence-corrected chi connectivity index (χ0v) is 17.0.